The maximum Gasteiger partial charge on any atom is 0.338 e. The van der Waals surface area contributed by atoms with E-state index >= 15 is 0 Å². The molecular formula is C11H13FN2O4. The number of anilines is 1. The van der Waals surface area contributed by atoms with Gasteiger partial charge in [0.1, 0.15) is 17.1 Å². The molecule has 0 atom stereocenters. The van der Waals surface area contributed by atoms with Crippen molar-refractivity contribution in [2.24, 2.45) is 0 Å². The Labute approximate surface area is 103 Å². The lowest BCUT2D eigenvalue weighted by atomic mass is 10.1. The average molecular weight is 256 g/mol. The van der Waals surface area contributed by atoms with Crippen LogP contribution in [-0.2, 0) is 0 Å². The number of hydrogen-bond donors (Lipinski definition) is 2. The lowest BCUT2D eigenvalue weighted by Gasteiger charge is -2.22. The van der Waals surface area contributed by atoms with Crippen LogP contribution in [0.5, 0.6) is 0 Å². The first kappa shape index (κ1) is 13.9. The molecule has 0 aliphatic carbocycles. The first-order chi connectivity index (χ1) is 8.11. The van der Waals surface area contributed by atoms with Crippen LogP contribution < -0.4 is 5.32 Å². The minimum absolute atomic E-state index is 0.0463. The molecule has 0 saturated heterocycles. The molecule has 18 heavy (non-hydrogen) atoms. The summed E-state index contributed by atoms with van der Waals surface area (Å²) in [4.78, 5) is 20.8. The number of carboxylic acids is 1. The molecule has 0 spiro atoms. The van der Waals surface area contributed by atoms with Gasteiger partial charge in [0.25, 0.3) is 5.69 Å². The summed E-state index contributed by atoms with van der Waals surface area (Å²) in [6.45, 7) is 5.25. The van der Waals surface area contributed by atoms with Gasteiger partial charge in [-0.15, -0.1) is 0 Å². The number of nitrogens with zero attached hydrogens (tertiary/aromatic N) is 1. The normalized spacial score (nSPS) is 11.1. The number of nitro groups is 1. The van der Waals surface area contributed by atoms with Crippen molar-refractivity contribution in [2.75, 3.05) is 5.32 Å². The summed E-state index contributed by atoms with van der Waals surface area (Å²) in [5, 5.41) is 22.3. The van der Waals surface area contributed by atoms with Gasteiger partial charge in [0, 0.05) is 17.7 Å². The Morgan fingerprint density at radius 3 is 2.39 bits per heavy atom. The van der Waals surface area contributed by atoms with Crippen molar-refractivity contribution < 1.29 is 19.2 Å². The zero-order valence-corrected chi connectivity index (χ0v) is 10.2. The molecule has 6 nitrogen and oxygen atoms in total. The van der Waals surface area contributed by atoms with Crippen LogP contribution in [0.4, 0.5) is 15.8 Å². The van der Waals surface area contributed by atoms with Crippen LogP contribution in [0.1, 0.15) is 31.1 Å². The van der Waals surface area contributed by atoms with Gasteiger partial charge >= 0.3 is 5.97 Å². The number of benzene rings is 1. The van der Waals surface area contributed by atoms with E-state index in [0.29, 0.717) is 6.07 Å². The molecule has 0 bridgehead atoms. The van der Waals surface area contributed by atoms with E-state index < -0.39 is 33.5 Å². The van der Waals surface area contributed by atoms with Crippen molar-refractivity contribution in [3.63, 3.8) is 0 Å². The SMILES string of the molecule is CC(C)(C)Nc1cc(F)c(C(=O)O)cc1[N+](=O)[O-]. The fraction of sp³-hybridized carbons (Fsp3) is 0.364. The van der Waals surface area contributed by atoms with Crippen LogP contribution in [0.15, 0.2) is 12.1 Å². The summed E-state index contributed by atoms with van der Waals surface area (Å²) in [6.07, 6.45) is 0. The summed E-state index contributed by atoms with van der Waals surface area (Å²) in [5.41, 5.74) is -1.75. The van der Waals surface area contributed by atoms with Gasteiger partial charge in [0.15, 0.2) is 0 Å². The van der Waals surface area contributed by atoms with Gasteiger partial charge in [-0.05, 0) is 20.8 Å². The summed E-state index contributed by atoms with van der Waals surface area (Å²) in [7, 11) is 0. The summed E-state index contributed by atoms with van der Waals surface area (Å²) < 4.78 is 13.5. The lowest BCUT2D eigenvalue weighted by molar-refractivity contribution is -0.384. The van der Waals surface area contributed by atoms with Crippen LogP contribution in [0.2, 0.25) is 0 Å². The highest BCUT2D eigenvalue weighted by Gasteiger charge is 2.24. The molecule has 1 aromatic carbocycles. The Bertz CT molecular complexity index is 509. The molecule has 0 fully saturated rings. The molecule has 0 amide bonds. The third kappa shape index (κ3) is 3.16. The smallest absolute Gasteiger partial charge is 0.338 e. The second-order valence-corrected chi connectivity index (χ2v) is 4.79. The topological polar surface area (TPSA) is 92.5 Å². The molecule has 0 aliphatic rings. The third-order valence-electron chi connectivity index (χ3n) is 2.02. The average Bonchev–Trinajstić information content (AvgIpc) is 2.13. The summed E-state index contributed by atoms with van der Waals surface area (Å²) in [6, 6.07) is 1.54. The minimum Gasteiger partial charge on any atom is -0.478 e. The van der Waals surface area contributed by atoms with Crippen molar-refractivity contribution in [2.45, 2.75) is 26.3 Å². The number of hydrogen-bond acceptors (Lipinski definition) is 4. The van der Waals surface area contributed by atoms with Crippen LogP contribution in [0.3, 0.4) is 0 Å². The van der Waals surface area contributed by atoms with Gasteiger partial charge in [0.05, 0.1) is 4.92 Å². The number of aromatic carboxylic acids is 1. The van der Waals surface area contributed by atoms with E-state index in [1.807, 2.05) is 0 Å². The van der Waals surface area contributed by atoms with Crippen molar-refractivity contribution in [1.82, 2.24) is 0 Å². The van der Waals surface area contributed by atoms with Crippen molar-refractivity contribution in [3.8, 4) is 0 Å². The standard InChI is InChI=1S/C11H13FN2O4/c1-11(2,3)13-8-5-7(12)6(10(15)16)4-9(8)14(17)18/h4-5,13H,1-3H3,(H,15,16). The maximum absolute atomic E-state index is 13.5. The monoisotopic (exact) mass is 256 g/mol. The molecule has 0 heterocycles. The predicted molar refractivity (Wildman–Crippen MR) is 63.4 cm³/mol. The molecule has 0 radical (unpaired) electrons. The Kier molecular flexibility index (Phi) is 3.54. The molecule has 1 rings (SSSR count). The highest BCUT2D eigenvalue weighted by Crippen LogP contribution is 2.30. The van der Waals surface area contributed by atoms with Gasteiger partial charge in [-0.3, -0.25) is 10.1 Å². The van der Waals surface area contributed by atoms with Crippen LogP contribution in [0.25, 0.3) is 0 Å². The highest BCUT2D eigenvalue weighted by molar-refractivity contribution is 5.90. The number of rotatable bonds is 3. The first-order valence-corrected chi connectivity index (χ1v) is 5.11. The number of nitro benzene ring substituents is 1. The fourth-order valence-corrected chi connectivity index (χ4v) is 1.38. The predicted octanol–water partition coefficient (Wildman–Crippen LogP) is 2.64. The van der Waals surface area contributed by atoms with Crippen LogP contribution >= 0.6 is 0 Å². The minimum atomic E-state index is -1.54. The molecule has 0 unspecified atom stereocenters. The Morgan fingerprint density at radius 2 is 2.00 bits per heavy atom. The molecule has 98 valence electrons. The summed E-state index contributed by atoms with van der Waals surface area (Å²) in [5.74, 6) is -2.56. The number of nitrogens with one attached hydrogen (secondary N) is 1. The van der Waals surface area contributed by atoms with Crippen molar-refractivity contribution in [3.05, 3.63) is 33.6 Å². The Morgan fingerprint density at radius 1 is 1.44 bits per heavy atom. The third-order valence-corrected chi connectivity index (χ3v) is 2.02. The molecule has 0 aliphatic heterocycles. The van der Waals surface area contributed by atoms with Crippen molar-refractivity contribution in [1.29, 1.82) is 0 Å². The second-order valence-electron chi connectivity index (χ2n) is 4.79. The molecular weight excluding hydrogens is 243 g/mol. The first-order valence-electron chi connectivity index (χ1n) is 5.11. The Hall–Kier alpha value is -2.18. The van der Waals surface area contributed by atoms with Gasteiger partial charge < -0.3 is 10.4 Å². The molecule has 7 heteroatoms. The van der Waals surface area contributed by atoms with Crippen LogP contribution in [-0.4, -0.2) is 21.5 Å². The van der Waals surface area contributed by atoms with Gasteiger partial charge in [-0.25, -0.2) is 9.18 Å². The van der Waals surface area contributed by atoms with Gasteiger partial charge in [-0.2, -0.15) is 0 Å². The lowest BCUT2D eigenvalue weighted by Crippen LogP contribution is -2.26. The summed E-state index contributed by atoms with van der Waals surface area (Å²) >= 11 is 0. The van der Waals surface area contributed by atoms with E-state index in [-0.39, 0.29) is 5.69 Å². The van der Waals surface area contributed by atoms with E-state index in [0.717, 1.165) is 6.07 Å². The molecule has 1 aromatic rings. The maximum atomic E-state index is 13.5. The zero-order valence-electron chi connectivity index (χ0n) is 10.2. The number of carbonyl (C=O) groups is 1. The highest BCUT2D eigenvalue weighted by atomic mass is 19.1. The fourth-order valence-electron chi connectivity index (χ4n) is 1.38. The van der Waals surface area contributed by atoms with E-state index in [1.165, 1.54) is 0 Å². The van der Waals surface area contributed by atoms with Crippen LogP contribution in [0, 0.1) is 15.9 Å². The molecule has 2 N–H and O–H groups in total. The van der Waals surface area contributed by atoms with Gasteiger partial charge in [-0.1, -0.05) is 0 Å². The largest absolute Gasteiger partial charge is 0.478 e. The van der Waals surface area contributed by atoms with Crippen molar-refractivity contribution >= 4 is 17.3 Å². The zero-order chi connectivity index (χ0) is 14.1. The molecule has 0 aromatic heterocycles. The Balaban J connectivity index is 3.38. The second kappa shape index (κ2) is 4.59. The van der Waals surface area contributed by atoms with E-state index in [1.54, 1.807) is 20.8 Å². The quantitative estimate of drug-likeness (QED) is 0.640. The van der Waals surface area contributed by atoms with E-state index in [9.17, 15) is 19.3 Å². The number of halogens is 1. The van der Waals surface area contributed by atoms with E-state index in [2.05, 4.69) is 5.32 Å². The van der Waals surface area contributed by atoms with E-state index in [4.69, 9.17) is 5.11 Å². The number of carboxylic acid groups (broad SMARTS) is 1. The van der Waals surface area contributed by atoms with Gasteiger partial charge in [0.2, 0.25) is 0 Å². The molecule has 0 saturated carbocycles.